The first kappa shape index (κ1) is 71.5. The maximum Gasteiger partial charge on any atom is 0.0402 e. The molecule has 5 aliphatic rings. The zero-order chi connectivity index (χ0) is 49.5. The topological polar surface area (TPSA) is 63.5 Å². The summed E-state index contributed by atoms with van der Waals surface area (Å²) in [6.07, 6.45) is 33.7. The first-order chi connectivity index (χ1) is 30.2. The third-order valence-electron chi connectivity index (χ3n) is 14.0. The molecule has 1 aromatic carbocycles. The molecular formula is C61H117O3Ti-7. The van der Waals surface area contributed by atoms with Crippen molar-refractivity contribution in [1.82, 2.24) is 0 Å². The van der Waals surface area contributed by atoms with Gasteiger partial charge in [-0.15, -0.1) is 6.61 Å². The van der Waals surface area contributed by atoms with E-state index >= 15 is 0 Å². The summed E-state index contributed by atoms with van der Waals surface area (Å²) < 4.78 is 0. The molecule has 2 N–H and O–H groups in total. The standard InChI is InChI=1S/5C10H19.C5H5.2C2H6O.C2H5O.Ti/c5*1-8(2)10-6-4-9(3)5-7-10;1-2-4-5-3-1;3*1-2-3;/h5*6,8-10H,4-5,7H2,1-3H3;1-5H;2*3H,2H2,1H3;2H2,1H3;/q6*-1;;;-1;. The van der Waals surface area contributed by atoms with E-state index in [4.69, 9.17) is 15.3 Å². The van der Waals surface area contributed by atoms with E-state index in [1.165, 1.54) is 96.3 Å². The van der Waals surface area contributed by atoms with Crippen molar-refractivity contribution in [3.63, 3.8) is 0 Å². The van der Waals surface area contributed by atoms with Gasteiger partial charge < -0.3 is 47.4 Å². The summed E-state index contributed by atoms with van der Waals surface area (Å²) in [5.41, 5.74) is 0. The molecule has 0 amide bonds. The van der Waals surface area contributed by atoms with Crippen molar-refractivity contribution >= 4 is 0 Å². The van der Waals surface area contributed by atoms with Crippen molar-refractivity contribution < 1.29 is 37.0 Å². The summed E-state index contributed by atoms with van der Waals surface area (Å²) in [6.45, 7) is 40.5. The summed E-state index contributed by atoms with van der Waals surface area (Å²) in [6, 6.07) is 10.0. The van der Waals surface area contributed by atoms with Crippen LogP contribution in [0.2, 0.25) is 0 Å². The van der Waals surface area contributed by atoms with E-state index in [0.29, 0.717) is 0 Å². The summed E-state index contributed by atoms with van der Waals surface area (Å²) in [5, 5.41) is 24.1. The molecular weight excluding hydrogens is 829 g/mol. The predicted octanol–water partition coefficient (Wildman–Crippen LogP) is 17.2. The van der Waals surface area contributed by atoms with E-state index in [9.17, 15) is 0 Å². The van der Waals surface area contributed by atoms with Crippen LogP contribution in [0.1, 0.15) is 221 Å². The molecule has 0 aromatic heterocycles. The maximum absolute atomic E-state index is 8.93. The molecule has 5 saturated carbocycles. The molecule has 0 bridgehead atoms. The summed E-state index contributed by atoms with van der Waals surface area (Å²) in [5.74, 6) is 13.7. The molecule has 0 saturated heterocycles. The van der Waals surface area contributed by atoms with Crippen LogP contribution < -0.4 is 5.11 Å². The summed E-state index contributed by atoms with van der Waals surface area (Å²) in [7, 11) is 0. The Morgan fingerprint density at radius 1 is 0.400 bits per heavy atom. The van der Waals surface area contributed by atoms with E-state index < -0.39 is 0 Å². The molecule has 3 nitrogen and oxygen atoms in total. The van der Waals surface area contributed by atoms with Crippen molar-refractivity contribution in [3.05, 3.63) is 62.4 Å². The van der Waals surface area contributed by atoms with Crippen LogP contribution in [-0.2, 0) is 21.7 Å². The second kappa shape index (κ2) is 47.6. The van der Waals surface area contributed by atoms with Gasteiger partial charge in [-0.05, 0) is 13.8 Å². The molecule has 0 aliphatic heterocycles. The molecule has 5 aliphatic carbocycles. The molecule has 4 heteroatoms. The van der Waals surface area contributed by atoms with Gasteiger partial charge in [-0.1, -0.05) is 234 Å². The minimum atomic E-state index is 0. The van der Waals surface area contributed by atoms with Gasteiger partial charge in [0.1, 0.15) is 0 Å². The Hall–Kier alpha value is -0.0557. The Kier molecular flexibility index (Phi) is 52.4. The number of hydrogen-bond donors (Lipinski definition) is 2. The fourth-order valence-electron chi connectivity index (χ4n) is 8.95. The second-order valence-corrected chi connectivity index (χ2v) is 22.2. The van der Waals surface area contributed by atoms with Crippen LogP contribution in [0.4, 0.5) is 0 Å². The van der Waals surface area contributed by atoms with Gasteiger partial charge in [-0.3, -0.25) is 0 Å². The zero-order valence-corrected chi connectivity index (χ0v) is 48.5. The van der Waals surface area contributed by atoms with E-state index in [2.05, 4.69) is 136 Å². The van der Waals surface area contributed by atoms with Crippen LogP contribution in [0.5, 0.6) is 0 Å². The van der Waals surface area contributed by atoms with Gasteiger partial charge in [0.15, 0.2) is 0 Å². The fourth-order valence-corrected chi connectivity index (χ4v) is 8.95. The Labute approximate surface area is 426 Å². The molecule has 6 rings (SSSR count). The van der Waals surface area contributed by atoms with Gasteiger partial charge >= 0.3 is 0 Å². The average molecular weight is 946 g/mol. The minimum absolute atomic E-state index is 0. The van der Waals surface area contributed by atoms with Crippen LogP contribution in [0, 0.1) is 121 Å². The SMILES string of the molecule is CC1C[CH-]C(C(C)C)CC1.CC1C[CH-]C(C(C)C)CC1.CC1C[CH-]C(C(C)C)CC1.CC1C[CH-]C(C(C)C)CC1.CC1C[CH-]C(C(C)C)CC1.CCO.CCO.CC[O-].[Ti].c1cc[cH-]c1. The molecule has 0 radical (unpaired) electrons. The number of rotatable bonds is 5. The van der Waals surface area contributed by atoms with Crippen molar-refractivity contribution in [1.29, 1.82) is 0 Å². The summed E-state index contributed by atoms with van der Waals surface area (Å²) in [4.78, 5) is 0. The maximum atomic E-state index is 8.93. The van der Waals surface area contributed by atoms with Crippen molar-refractivity contribution in [3.8, 4) is 0 Å². The number of aliphatic hydroxyl groups is 2. The monoisotopic (exact) mass is 946 g/mol. The van der Waals surface area contributed by atoms with Gasteiger partial charge in [0, 0.05) is 34.9 Å². The quantitative estimate of drug-likeness (QED) is 0.228. The second-order valence-electron chi connectivity index (χ2n) is 22.2. The normalized spacial score (nSPS) is 28.2. The van der Waals surface area contributed by atoms with Gasteiger partial charge in [-0.2, -0.15) is 79.9 Å². The third-order valence-corrected chi connectivity index (χ3v) is 14.0. The molecule has 1 aromatic rings. The van der Waals surface area contributed by atoms with Gasteiger partial charge in [0.2, 0.25) is 0 Å². The molecule has 65 heavy (non-hydrogen) atoms. The fraction of sp³-hybridized carbons (Fsp3) is 0.836. The summed E-state index contributed by atoms with van der Waals surface area (Å²) >= 11 is 0. The smallest absolute Gasteiger partial charge is 0.0402 e. The van der Waals surface area contributed by atoms with Crippen LogP contribution in [0.25, 0.3) is 0 Å². The molecule has 0 spiro atoms. The van der Waals surface area contributed by atoms with Crippen molar-refractivity contribution in [2.24, 2.45) is 88.8 Å². The van der Waals surface area contributed by atoms with E-state index in [0.717, 1.165) is 88.8 Å². The van der Waals surface area contributed by atoms with E-state index in [-0.39, 0.29) is 41.5 Å². The first-order valence-electron chi connectivity index (χ1n) is 27.4. The Morgan fingerprint density at radius 3 is 0.631 bits per heavy atom. The van der Waals surface area contributed by atoms with Gasteiger partial charge in [0.25, 0.3) is 0 Å². The third kappa shape index (κ3) is 43.7. The number of hydrogen-bond acceptors (Lipinski definition) is 3. The zero-order valence-electron chi connectivity index (χ0n) is 47.0. The molecule has 5 fully saturated rings. The van der Waals surface area contributed by atoms with Gasteiger partial charge in [-0.25, -0.2) is 12.1 Å². The molecule has 10 unspecified atom stereocenters. The van der Waals surface area contributed by atoms with Crippen molar-refractivity contribution in [2.75, 3.05) is 19.8 Å². The van der Waals surface area contributed by atoms with Crippen LogP contribution in [-0.4, -0.2) is 30.0 Å². The largest absolute Gasteiger partial charge is 0.855 e. The number of aliphatic hydroxyl groups excluding tert-OH is 2. The van der Waals surface area contributed by atoms with Crippen LogP contribution >= 0.6 is 0 Å². The van der Waals surface area contributed by atoms with Gasteiger partial charge in [0.05, 0.1) is 0 Å². The minimum Gasteiger partial charge on any atom is -0.855 e. The Balaban J connectivity index is -0.000000332. The van der Waals surface area contributed by atoms with E-state index in [1.807, 2.05) is 30.3 Å². The van der Waals surface area contributed by atoms with Crippen LogP contribution in [0.15, 0.2) is 30.3 Å². The molecule has 0 heterocycles. The Morgan fingerprint density at radius 2 is 0.554 bits per heavy atom. The Bertz CT molecular complexity index is 807. The van der Waals surface area contributed by atoms with Crippen LogP contribution in [0.3, 0.4) is 0 Å². The average Bonchev–Trinajstić information content (AvgIpc) is 3.85. The van der Waals surface area contributed by atoms with E-state index in [1.54, 1.807) is 20.8 Å². The predicted molar refractivity (Wildman–Crippen MR) is 286 cm³/mol. The first-order valence-corrected chi connectivity index (χ1v) is 27.4. The molecule has 10 atom stereocenters. The molecule has 390 valence electrons. The van der Waals surface area contributed by atoms with Crippen molar-refractivity contribution in [2.45, 2.75) is 221 Å².